The Bertz CT molecular complexity index is 533. The third-order valence-corrected chi connectivity index (χ3v) is 5.64. The van der Waals surface area contributed by atoms with Crippen LogP contribution in [0, 0.1) is 0 Å². The molecule has 0 aliphatic carbocycles. The van der Waals surface area contributed by atoms with Gasteiger partial charge in [0.1, 0.15) is 6.04 Å². The maximum absolute atomic E-state index is 12.1. The molecule has 2 rings (SSSR count). The molecule has 8 nitrogen and oxygen atoms in total. The lowest BCUT2D eigenvalue weighted by Gasteiger charge is -2.29. The molecule has 2 unspecified atom stereocenters. The lowest BCUT2D eigenvalue weighted by molar-refractivity contribution is -0.141. The van der Waals surface area contributed by atoms with Gasteiger partial charge < -0.3 is 20.4 Å². The van der Waals surface area contributed by atoms with Crippen molar-refractivity contribution in [1.82, 2.24) is 10.2 Å². The highest BCUT2D eigenvalue weighted by Crippen LogP contribution is 2.25. The quantitative estimate of drug-likeness (QED) is 0.588. The fourth-order valence-corrected chi connectivity index (χ4v) is 4.80. The summed E-state index contributed by atoms with van der Waals surface area (Å²) in [5, 5.41) is 21.1. The third-order valence-electron chi connectivity index (χ3n) is 3.74. The van der Waals surface area contributed by atoms with Gasteiger partial charge in [0.2, 0.25) is 0 Å². The van der Waals surface area contributed by atoms with E-state index in [4.69, 9.17) is 5.11 Å². The van der Waals surface area contributed by atoms with Crippen molar-refractivity contribution < 1.29 is 28.2 Å². The van der Waals surface area contributed by atoms with E-state index in [0.717, 1.165) is 4.90 Å². The van der Waals surface area contributed by atoms with Gasteiger partial charge in [0, 0.05) is 13.0 Å². The van der Waals surface area contributed by atoms with Crippen LogP contribution < -0.4 is 5.32 Å². The fourth-order valence-electron chi connectivity index (χ4n) is 2.71. The van der Waals surface area contributed by atoms with Crippen LogP contribution in [0.1, 0.15) is 19.8 Å². The fraction of sp³-hybridized carbons (Fsp3) is 0.818. The number of urea groups is 1. The van der Waals surface area contributed by atoms with Crippen LogP contribution in [0.15, 0.2) is 0 Å². The first-order valence-electron chi connectivity index (χ1n) is 6.32. The number of aliphatic carboxylic acids is 1. The maximum atomic E-state index is 12.1. The molecule has 0 aromatic carbocycles. The van der Waals surface area contributed by atoms with E-state index < -0.39 is 39.5 Å². The van der Waals surface area contributed by atoms with E-state index in [1.807, 2.05) is 0 Å². The van der Waals surface area contributed by atoms with Gasteiger partial charge in [-0.05, 0) is 13.3 Å². The van der Waals surface area contributed by atoms with Crippen LogP contribution >= 0.6 is 0 Å². The van der Waals surface area contributed by atoms with Crippen molar-refractivity contribution in [3.8, 4) is 0 Å². The Morgan fingerprint density at radius 3 is 2.55 bits per heavy atom. The van der Waals surface area contributed by atoms with Gasteiger partial charge in [-0.25, -0.2) is 18.0 Å². The van der Waals surface area contributed by atoms with Crippen LogP contribution in [0.4, 0.5) is 4.79 Å². The van der Waals surface area contributed by atoms with E-state index in [1.165, 1.54) is 0 Å². The van der Waals surface area contributed by atoms with Crippen LogP contribution in [0.5, 0.6) is 0 Å². The molecule has 2 aliphatic heterocycles. The number of aliphatic hydroxyl groups is 1. The highest BCUT2D eigenvalue weighted by atomic mass is 32.2. The van der Waals surface area contributed by atoms with Crippen molar-refractivity contribution in [3.05, 3.63) is 0 Å². The number of β-amino-alcohol motifs (C(OH)–C–C–N with tert-alkyl or cyclic N) is 1. The molecule has 2 aliphatic rings. The number of nitrogens with one attached hydrogen (secondary N) is 1. The van der Waals surface area contributed by atoms with Crippen molar-refractivity contribution in [2.45, 2.75) is 37.5 Å². The minimum Gasteiger partial charge on any atom is -0.480 e. The largest absolute Gasteiger partial charge is 0.480 e. The predicted octanol–water partition coefficient (Wildman–Crippen LogP) is -1.21. The molecular formula is C11H18N2O6S. The highest BCUT2D eigenvalue weighted by Gasteiger charge is 2.44. The van der Waals surface area contributed by atoms with Gasteiger partial charge >= 0.3 is 12.0 Å². The standard InChI is InChI=1S/C11H18N2O6S/c1-11(2-3-20(18,19)6-11)12-10(17)13-5-7(14)4-8(13)9(15)16/h7-8,14H,2-6H2,1H3,(H,12,17)(H,15,16)/t7?,8-,11?/m0/s1. The van der Waals surface area contributed by atoms with Gasteiger partial charge in [-0.3, -0.25) is 0 Å². The molecule has 0 aromatic rings. The first-order valence-corrected chi connectivity index (χ1v) is 8.14. The zero-order valence-electron chi connectivity index (χ0n) is 11.1. The van der Waals surface area contributed by atoms with Gasteiger partial charge in [-0.15, -0.1) is 0 Å². The van der Waals surface area contributed by atoms with E-state index in [-0.39, 0.29) is 24.5 Å². The summed E-state index contributed by atoms with van der Waals surface area (Å²) < 4.78 is 22.9. The second-order valence-corrected chi connectivity index (χ2v) is 7.91. The number of aliphatic hydroxyl groups excluding tert-OH is 1. The molecule has 2 heterocycles. The van der Waals surface area contributed by atoms with Crippen LogP contribution in [-0.4, -0.2) is 71.3 Å². The lowest BCUT2D eigenvalue weighted by Crippen LogP contribution is -2.54. The second kappa shape index (κ2) is 4.88. The summed E-state index contributed by atoms with van der Waals surface area (Å²) in [6.45, 7) is 1.56. The number of carboxylic acid groups (broad SMARTS) is 1. The first-order chi connectivity index (χ1) is 9.12. The van der Waals surface area contributed by atoms with Crippen molar-refractivity contribution in [1.29, 1.82) is 0 Å². The number of hydrogen-bond acceptors (Lipinski definition) is 5. The zero-order valence-corrected chi connectivity index (χ0v) is 11.9. The maximum Gasteiger partial charge on any atom is 0.326 e. The van der Waals surface area contributed by atoms with Crippen LogP contribution in [0.3, 0.4) is 0 Å². The van der Waals surface area contributed by atoms with Gasteiger partial charge in [0.15, 0.2) is 9.84 Å². The minimum atomic E-state index is -3.16. The number of hydrogen-bond donors (Lipinski definition) is 3. The Balaban J connectivity index is 2.07. The first kappa shape index (κ1) is 15.0. The molecule has 0 bridgehead atoms. The summed E-state index contributed by atoms with van der Waals surface area (Å²) in [6, 6.07) is -1.72. The Morgan fingerprint density at radius 2 is 2.05 bits per heavy atom. The molecule has 0 radical (unpaired) electrons. The summed E-state index contributed by atoms with van der Waals surface area (Å²) in [7, 11) is -3.16. The Labute approximate surface area is 116 Å². The van der Waals surface area contributed by atoms with Gasteiger partial charge in [0.25, 0.3) is 0 Å². The molecule has 9 heteroatoms. The van der Waals surface area contributed by atoms with E-state index in [9.17, 15) is 23.1 Å². The van der Waals surface area contributed by atoms with Crippen LogP contribution in [0.2, 0.25) is 0 Å². The van der Waals surface area contributed by atoms with Crippen molar-refractivity contribution >= 4 is 21.8 Å². The third kappa shape index (κ3) is 3.04. The molecule has 2 fully saturated rings. The highest BCUT2D eigenvalue weighted by molar-refractivity contribution is 7.91. The number of likely N-dealkylation sites (tertiary alicyclic amines) is 1. The van der Waals surface area contributed by atoms with Gasteiger partial charge in [-0.1, -0.05) is 0 Å². The molecule has 0 aromatic heterocycles. The molecular weight excluding hydrogens is 288 g/mol. The zero-order chi connectivity index (χ0) is 15.1. The number of nitrogens with zero attached hydrogens (tertiary/aromatic N) is 1. The Hall–Kier alpha value is -1.35. The van der Waals surface area contributed by atoms with Crippen LogP contribution in [0.25, 0.3) is 0 Å². The molecule has 0 saturated carbocycles. The number of sulfone groups is 1. The predicted molar refractivity (Wildman–Crippen MR) is 69.0 cm³/mol. The van der Waals surface area contributed by atoms with E-state index >= 15 is 0 Å². The van der Waals surface area contributed by atoms with Crippen LogP contribution in [-0.2, 0) is 14.6 Å². The lowest BCUT2D eigenvalue weighted by atomic mass is 10.0. The summed E-state index contributed by atoms with van der Waals surface area (Å²) in [6.07, 6.45) is -0.588. The number of carbonyl (C=O) groups excluding carboxylic acids is 1. The average molecular weight is 306 g/mol. The Kier molecular flexibility index (Phi) is 3.67. The van der Waals surface area contributed by atoms with Crippen molar-refractivity contribution in [3.63, 3.8) is 0 Å². The van der Waals surface area contributed by atoms with E-state index in [1.54, 1.807) is 6.92 Å². The number of amides is 2. The SMILES string of the molecule is CC1(NC(=O)N2CC(O)C[C@H]2C(=O)O)CCS(=O)(=O)C1. The van der Waals surface area contributed by atoms with Crippen molar-refractivity contribution in [2.75, 3.05) is 18.1 Å². The van der Waals surface area contributed by atoms with Crippen molar-refractivity contribution in [2.24, 2.45) is 0 Å². The molecule has 114 valence electrons. The normalized spacial score (nSPS) is 36.0. The minimum absolute atomic E-state index is 0.00869. The Morgan fingerprint density at radius 1 is 1.40 bits per heavy atom. The second-order valence-electron chi connectivity index (χ2n) is 5.73. The summed E-state index contributed by atoms with van der Waals surface area (Å²) in [4.78, 5) is 24.2. The number of carboxylic acids is 1. The summed E-state index contributed by atoms with van der Waals surface area (Å²) in [5.74, 6) is -1.32. The molecule has 20 heavy (non-hydrogen) atoms. The summed E-state index contributed by atoms with van der Waals surface area (Å²) >= 11 is 0. The average Bonchev–Trinajstić information content (AvgIpc) is 2.79. The molecule has 3 atom stereocenters. The molecule has 2 amide bonds. The molecule has 3 N–H and O–H groups in total. The van der Waals surface area contributed by atoms with Gasteiger partial charge in [-0.2, -0.15) is 0 Å². The summed E-state index contributed by atoms with van der Waals surface area (Å²) in [5.41, 5.74) is -0.882. The molecule has 0 spiro atoms. The topological polar surface area (TPSA) is 124 Å². The van der Waals surface area contributed by atoms with Gasteiger partial charge in [0.05, 0.1) is 23.1 Å². The number of carbonyl (C=O) groups is 2. The van der Waals surface area contributed by atoms with E-state index in [0.29, 0.717) is 6.42 Å². The monoisotopic (exact) mass is 306 g/mol. The molecule has 2 saturated heterocycles. The number of rotatable bonds is 2. The smallest absolute Gasteiger partial charge is 0.326 e. The van der Waals surface area contributed by atoms with E-state index in [2.05, 4.69) is 5.32 Å².